The number of nitrogens with zero attached hydrogens (tertiary/aromatic N) is 1. The van der Waals surface area contributed by atoms with Crippen molar-refractivity contribution in [2.75, 3.05) is 0 Å². The normalized spacial score (nSPS) is 9.33. The largest absolute Gasteiger partial charge is 0.508 e. The van der Waals surface area contributed by atoms with E-state index in [9.17, 15) is 4.79 Å². The molecular formula is C8H7NO3. The third-order valence-electron chi connectivity index (χ3n) is 1.36. The number of aliphatic hydroxyl groups excluding tert-OH is 1. The fourth-order valence-corrected chi connectivity index (χ4v) is 0.811. The Labute approximate surface area is 68.8 Å². The van der Waals surface area contributed by atoms with Crippen LogP contribution in [0.3, 0.4) is 0 Å². The second kappa shape index (κ2) is 3.04. The van der Waals surface area contributed by atoms with Crippen molar-refractivity contribution in [1.82, 2.24) is 4.98 Å². The zero-order valence-corrected chi connectivity index (χ0v) is 6.19. The zero-order valence-electron chi connectivity index (χ0n) is 6.19. The summed E-state index contributed by atoms with van der Waals surface area (Å²) in [6.07, 6.45) is 2.60. The number of aliphatic hydroxyl groups is 1. The van der Waals surface area contributed by atoms with Crippen molar-refractivity contribution in [1.29, 1.82) is 0 Å². The second-order valence-corrected chi connectivity index (χ2v) is 2.17. The van der Waals surface area contributed by atoms with E-state index in [-0.39, 0.29) is 16.9 Å². The van der Waals surface area contributed by atoms with E-state index in [1.807, 2.05) is 0 Å². The molecule has 4 heteroatoms. The number of carboxylic acid groups (broad SMARTS) is 1. The number of hydrogen-bond donors (Lipinski definition) is 2. The predicted octanol–water partition coefficient (Wildman–Crippen LogP) is 1.31. The van der Waals surface area contributed by atoms with E-state index in [1.165, 1.54) is 18.5 Å². The highest BCUT2D eigenvalue weighted by Gasteiger charge is 2.10. The molecular weight excluding hydrogens is 158 g/mol. The Hall–Kier alpha value is -1.84. The summed E-state index contributed by atoms with van der Waals surface area (Å²) in [6, 6.07) is 1.30. The van der Waals surface area contributed by atoms with Gasteiger partial charge in [0.1, 0.15) is 5.76 Å². The maximum absolute atomic E-state index is 10.5. The van der Waals surface area contributed by atoms with E-state index in [0.717, 1.165) is 0 Å². The number of pyridine rings is 1. The average molecular weight is 165 g/mol. The van der Waals surface area contributed by atoms with Crippen molar-refractivity contribution >= 4 is 11.7 Å². The Balaban J connectivity index is 3.27. The highest BCUT2D eigenvalue weighted by Crippen LogP contribution is 2.13. The zero-order chi connectivity index (χ0) is 9.14. The first kappa shape index (κ1) is 8.26. The maximum Gasteiger partial charge on any atom is 0.336 e. The van der Waals surface area contributed by atoms with Crippen LogP contribution in [0.25, 0.3) is 5.76 Å². The number of aromatic nitrogens is 1. The summed E-state index contributed by atoms with van der Waals surface area (Å²) in [6.45, 7) is 3.22. The molecule has 1 aromatic rings. The highest BCUT2D eigenvalue weighted by atomic mass is 16.4. The van der Waals surface area contributed by atoms with E-state index < -0.39 is 5.97 Å². The Kier molecular flexibility index (Phi) is 2.09. The van der Waals surface area contributed by atoms with Crippen LogP contribution in [0.2, 0.25) is 0 Å². The minimum absolute atomic E-state index is 0.00231. The van der Waals surface area contributed by atoms with Gasteiger partial charge in [-0.05, 0) is 6.07 Å². The molecule has 0 aliphatic rings. The molecule has 0 atom stereocenters. The fourth-order valence-electron chi connectivity index (χ4n) is 0.811. The molecule has 62 valence electrons. The van der Waals surface area contributed by atoms with Gasteiger partial charge in [-0.2, -0.15) is 0 Å². The van der Waals surface area contributed by atoms with Gasteiger partial charge in [-0.3, -0.25) is 4.98 Å². The van der Waals surface area contributed by atoms with Crippen molar-refractivity contribution in [2.24, 2.45) is 0 Å². The highest BCUT2D eigenvalue weighted by molar-refractivity contribution is 5.92. The van der Waals surface area contributed by atoms with Crippen molar-refractivity contribution in [3.05, 3.63) is 36.2 Å². The summed E-state index contributed by atoms with van der Waals surface area (Å²) in [5.74, 6) is -1.40. The van der Waals surface area contributed by atoms with Crippen molar-refractivity contribution < 1.29 is 15.0 Å². The van der Waals surface area contributed by atoms with Gasteiger partial charge in [0.25, 0.3) is 0 Å². The fraction of sp³-hybridized carbons (Fsp3) is 0. The molecule has 2 N–H and O–H groups in total. The Bertz CT molecular complexity index is 300. The first-order valence-electron chi connectivity index (χ1n) is 3.18. The molecule has 0 fully saturated rings. The van der Waals surface area contributed by atoms with Crippen molar-refractivity contribution in [3.8, 4) is 0 Å². The predicted molar refractivity (Wildman–Crippen MR) is 42.9 cm³/mol. The summed E-state index contributed by atoms with van der Waals surface area (Å²) in [4.78, 5) is 14.2. The smallest absolute Gasteiger partial charge is 0.336 e. The van der Waals surface area contributed by atoms with Gasteiger partial charge in [0.05, 0.1) is 5.56 Å². The monoisotopic (exact) mass is 165 g/mol. The van der Waals surface area contributed by atoms with Crippen molar-refractivity contribution in [2.45, 2.75) is 0 Å². The Morgan fingerprint density at radius 2 is 2.08 bits per heavy atom. The molecule has 0 spiro atoms. The molecule has 0 bridgehead atoms. The van der Waals surface area contributed by atoms with Crippen LogP contribution in [0.4, 0.5) is 0 Å². The van der Waals surface area contributed by atoms with Crippen LogP contribution in [0, 0.1) is 0 Å². The van der Waals surface area contributed by atoms with Gasteiger partial charge in [0.15, 0.2) is 0 Å². The molecule has 0 aromatic carbocycles. The van der Waals surface area contributed by atoms with Crippen LogP contribution >= 0.6 is 0 Å². The minimum Gasteiger partial charge on any atom is -0.508 e. The van der Waals surface area contributed by atoms with E-state index in [0.29, 0.717) is 0 Å². The minimum atomic E-state index is -1.11. The Morgan fingerprint density at radius 3 is 2.50 bits per heavy atom. The quantitative estimate of drug-likeness (QED) is 0.648. The number of carboxylic acids is 1. The summed E-state index contributed by atoms with van der Waals surface area (Å²) in [7, 11) is 0. The molecule has 1 rings (SSSR count). The number of hydrogen-bond acceptors (Lipinski definition) is 3. The third kappa shape index (κ3) is 1.42. The van der Waals surface area contributed by atoms with Crippen LogP contribution in [-0.4, -0.2) is 21.2 Å². The first-order valence-corrected chi connectivity index (χ1v) is 3.18. The molecule has 12 heavy (non-hydrogen) atoms. The number of carbonyl (C=O) groups is 1. The Morgan fingerprint density at radius 1 is 1.42 bits per heavy atom. The number of aromatic carboxylic acids is 1. The van der Waals surface area contributed by atoms with Gasteiger partial charge in [-0.1, -0.05) is 6.58 Å². The third-order valence-corrected chi connectivity index (χ3v) is 1.36. The standard InChI is InChI=1S/C8H7NO3/c1-5(10)7-4-9-3-2-6(7)8(11)12/h2-4,10H,1H2,(H,11,12). The van der Waals surface area contributed by atoms with Gasteiger partial charge in [0, 0.05) is 18.0 Å². The molecule has 0 aliphatic heterocycles. The topological polar surface area (TPSA) is 70.4 Å². The molecule has 0 amide bonds. The van der Waals surface area contributed by atoms with Crippen LogP contribution in [0.1, 0.15) is 15.9 Å². The van der Waals surface area contributed by atoms with Gasteiger partial charge in [-0.25, -0.2) is 4.79 Å². The van der Waals surface area contributed by atoms with E-state index in [1.54, 1.807) is 0 Å². The van der Waals surface area contributed by atoms with Crippen LogP contribution < -0.4 is 0 Å². The van der Waals surface area contributed by atoms with E-state index in [2.05, 4.69) is 11.6 Å². The van der Waals surface area contributed by atoms with E-state index >= 15 is 0 Å². The summed E-state index contributed by atoms with van der Waals surface area (Å²) in [5, 5.41) is 17.6. The van der Waals surface area contributed by atoms with Crippen molar-refractivity contribution in [3.63, 3.8) is 0 Å². The first-order chi connectivity index (χ1) is 5.63. The molecule has 4 nitrogen and oxygen atoms in total. The van der Waals surface area contributed by atoms with Crippen LogP contribution in [0.5, 0.6) is 0 Å². The SMILES string of the molecule is C=C(O)c1cnccc1C(=O)O. The van der Waals surface area contributed by atoms with Gasteiger partial charge >= 0.3 is 5.97 Å². The van der Waals surface area contributed by atoms with Crippen LogP contribution in [0.15, 0.2) is 25.0 Å². The maximum atomic E-state index is 10.5. The van der Waals surface area contributed by atoms with Crippen LogP contribution in [-0.2, 0) is 0 Å². The lowest BCUT2D eigenvalue weighted by atomic mass is 10.1. The molecule has 1 heterocycles. The lowest BCUT2D eigenvalue weighted by molar-refractivity contribution is 0.0696. The molecule has 1 aromatic heterocycles. The molecule has 0 saturated carbocycles. The lowest BCUT2D eigenvalue weighted by Gasteiger charge is -2.01. The van der Waals surface area contributed by atoms with Gasteiger partial charge < -0.3 is 10.2 Å². The van der Waals surface area contributed by atoms with E-state index in [4.69, 9.17) is 10.2 Å². The van der Waals surface area contributed by atoms with Gasteiger partial charge in [-0.15, -0.1) is 0 Å². The molecule has 0 unspecified atom stereocenters. The molecule has 0 radical (unpaired) electrons. The van der Waals surface area contributed by atoms with Gasteiger partial charge in [0.2, 0.25) is 0 Å². The summed E-state index contributed by atoms with van der Waals surface area (Å²) < 4.78 is 0. The summed E-state index contributed by atoms with van der Waals surface area (Å²) in [5.41, 5.74) is 0.141. The number of rotatable bonds is 2. The lowest BCUT2D eigenvalue weighted by Crippen LogP contribution is -2.01. The second-order valence-electron chi connectivity index (χ2n) is 2.17. The molecule has 0 saturated heterocycles. The molecule has 0 aliphatic carbocycles. The average Bonchev–Trinajstić information content (AvgIpc) is 2.04. The summed E-state index contributed by atoms with van der Waals surface area (Å²) >= 11 is 0.